The van der Waals surface area contributed by atoms with Crippen molar-refractivity contribution in [1.82, 2.24) is 9.88 Å². The third-order valence-electron chi connectivity index (χ3n) is 4.25. The molecular weight excluding hydrogens is 270 g/mol. The fourth-order valence-electron chi connectivity index (χ4n) is 2.97. The van der Waals surface area contributed by atoms with Crippen LogP contribution in [0.25, 0.3) is 11.1 Å². The summed E-state index contributed by atoms with van der Waals surface area (Å²) in [7, 11) is 0. The van der Waals surface area contributed by atoms with Crippen LogP contribution in [-0.4, -0.2) is 46.1 Å². The third-order valence-corrected chi connectivity index (χ3v) is 4.25. The molecule has 1 unspecified atom stereocenters. The monoisotopic (exact) mass is 287 g/mol. The summed E-state index contributed by atoms with van der Waals surface area (Å²) in [5, 5.41) is 12.3. The van der Waals surface area contributed by atoms with Crippen molar-refractivity contribution in [2.45, 2.75) is 31.3 Å². The molecule has 2 aromatic rings. The maximum Gasteiger partial charge on any atom is 0.335 e. The summed E-state index contributed by atoms with van der Waals surface area (Å²) < 4.78 is 5.63. The van der Waals surface area contributed by atoms with Crippen molar-refractivity contribution in [3.8, 4) is 0 Å². The Hall–Kier alpha value is -2.08. The molecule has 0 bridgehead atoms. The molecule has 21 heavy (non-hydrogen) atoms. The van der Waals surface area contributed by atoms with E-state index in [0.29, 0.717) is 23.2 Å². The molecule has 1 aromatic heterocycles. The lowest BCUT2D eigenvalue weighted by atomic mass is 10.2. The van der Waals surface area contributed by atoms with Crippen molar-refractivity contribution in [3.05, 3.63) is 23.8 Å². The number of fused-ring (bicyclic) bond motifs is 1. The SMILES string of the molecule is O=C(O)c1ccc2nc(NC3CCN(C4CC4)C3)oc2c1. The highest BCUT2D eigenvalue weighted by Crippen LogP contribution is 2.31. The van der Waals surface area contributed by atoms with Gasteiger partial charge in [0, 0.05) is 25.2 Å². The Morgan fingerprint density at radius 3 is 3.00 bits per heavy atom. The Kier molecular flexibility index (Phi) is 2.85. The molecule has 2 aliphatic rings. The number of hydrogen-bond acceptors (Lipinski definition) is 5. The fourth-order valence-corrected chi connectivity index (χ4v) is 2.97. The van der Waals surface area contributed by atoms with E-state index in [0.717, 1.165) is 25.6 Å². The molecule has 1 saturated heterocycles. The number of carboxylic acids is 1. The molecule has 6 nitrogen and oxygen atoms in total. The van der Waals surface area contributed by atoms with Gasteiger partial charge >= 0.3 is 5.97 Å². The number of anilines is 1. The van der Waals surface area contributed by atoms with Crippen LogP contribution in [0, 0.1) is 0 Å². The normalized spacial score (nSPS) is 22.8. The largest absolute Gasteiger partial charge is 0.478 e. The van der Waals surface area contributed by atoms with E-state index in [1.54, 1.807) is 12.1 Å². The molecule has 1 atom stereocenters. The highest BCUT2D eigenvalue weighted by atomic mass is 16.4. The van der Waals surface area contributed by atoms with Gasteiger partial charge in [0.1, 0.15) is 5.52 Å². The van der Waals surface area contributed by atoms with E-state index in [9.17, 15) is 4.79 Å². The third kappa shape index (κ3) is 2.47. The number of oxazole rings is 1. The number of aromatic carboxylic acids is 1. The van der Waals surface area contributed by atoms with Crippen LogP contribution >= 0.6 is 0 Å². The van der Waals surface area contributed by atoms with Crippen LogP contribution in [0.1, 0.15) is 29.6 Å². The molecule has 1 aromatic carbocycles. The Morgan fingerprint density at radius 1 is 1.38 bits per heavy atom. The second kappa shape index (κ2) is 4.73. The summed E-state index contributed by atoms with van der Waals surface area (Å²) in [5.74, 6) is -0.960. The zero-order valence-corrected chi connectivity index (χ0v) is 11.6. The Bertz CT molecular complexity index is 693. The average Bonchev–Trinajstić information content (AvgIpc) is 3.07. The highest BCUT2D eigenvalue weighted by Gasteiger charge is 2.34. The molecule has 110 valence electrons. The first kappa shape index (κ1) is 12.6. The van der Waals surface area contributed by atoms with E-state index in [-0.39, 0.29) is 5.56 Å². The average molecular weight is 287 g/mol. The Labute approximate surface area is 121 Å². The standard InChI is InChI=1S/C15H17N3O3/c19-14(20)9-1-4-12-13(7-9)21-15(17-12)16-10-5-6-18(8-10)11-2-3-11/h1,4,7,10-11H,2-3,5-6,8H2,(H,16,17)(H,19,20). The number of hydrogen-bond donors (Lipinski definition) is 2. The summed E-state index contributed by atoms with van der Waals surface area (Å²) in [6.45, 7) is 2.16. The molecule has 0 amide bonds. The molecular formula is C15H17N3O3. The van der Waals surface area contributed by atoms with Crippen molar-refractivity contribution < 1.29 is 14.3 Å². The van der Waals surface area contributed by atoms with Crippen molar-refractivity contribution in [1.29, 1.82) is 0 Å². The van der Waals surface area contributed by atoms with Gasteiger partial charge in [0.25, 0.3) is 6.01 Å². The maximum absolute atomic E-state index is 11.0. The zero-order chi connectivity index (χ0) is 14.4. The number of nitrogens with zero attached hydrogens (tertiary/aromatic N) is 2. The molecule has 1 aliphatic heterocycles. The van der Waals surface area contributed by atoms with E-state index in [1.165, 1.54) is 18.9 Å². The first-order chi connectivity index (χ1) is 10.2. The van der Waals surface area contributed by atoms with Gasteiger partial charge in [-0.05, 0) is 37.5 Å². The molecule has 2 N–H and O–H groups in total. The van der Waals surface area contributed by atoms with Crippen LogP contribution in [0.2, 0.25) is 0 Å². The molecule has 2 fully saturated rings. The first-order valence-corrected chi connectivity index (χ1v) is 7.33. The van der Waals surface area contributed by atoms with Crippen LogP contribution in [0.4, 0.5) is 6.01 Å². The maximum atomic E-state index is 11.0. The molecule has 4 rings (SSSR count). The van der Waals surface area contributed by atoms with Gasteiger partial charge in [0.15, 0.2) is 5.58 Å². The molecule has 6 heteroatoms. The Balaban J connectivity index is 1.50. The highest BCUT2D eigenvalue weighted by molar-refractivity contribution is 5.92. The van der Waals surface area contributed by atoms with Crippen molar-refractivity contribution in [2.75, 3.05) is 18.4 Å². The van der Waals surface area contributed by atoms with E-state index in [2.05, 4.69) is 15.2 Å². The number of aromatic nitrogens is 1. The Morgan fingerprint density at radius 2 is 2.24 bits per heavy atom. The minimum atomic E-state index is -0.960. The number of carboxylic acid groups (broad SMARTS) is 1. The zero-order valence-electron chi connectivity index (χ0n) is 11.6. The fraction of sp³-hybridized carbons (Fsp3) is 0.467. The minimum Gasteiger partial charge on any atom is -0.478 e. The molecule has 0 radical (unpaired) electrons. The summed E-state index contributed by atoms with van der Waals surface area (Å²) in [6, 6.07) is 6.37. The van der Waals surface area contributed by atoms with Crippen molar-refractivity contribution in [3.63, 3.8) is 0 Å². The lowest BCUT2D eigenvalue weighted by molar-refractivity contribution is 0.0697. The number of nitrogens with one attached hydrogen (secondary N) is 1. The predicted octanol–water partition coefficient (Wildman–Crippen LogP) is 2.17. The second-order valence-electron chi connectivity index (χ2n) is 5.86. The number of rotatable bonds is 4. The molecule has 2 heterocycles. The first-order valence-electron chi connectivity index (χ1n) is 7.33. The number of carbonyl (C=O) groups is 1. The van der Waals surface area contributed by atoms with Gasteiger partial charge in [-0.2, -0.15) is 4.98 Å². The van der Waals surface area contributed by atoms with Crippen molar-refractivity contribution >= 4 is 23.1 Å². The van der Waals surface area contributed by atoms with E-state index in [4.69, 9.17) is 9.52 Å². The quantitative estimate of drug-likeness (QED) is 0.897. The van der Waals surface area contributed by atoms with E-state index in [1.807, 2.05) is 0 Å². The van der Waals surface area contributed by atoms with Gasteiger partial charge in [-0.15, -0.1) is 0 Å². The van der Waals surface area contributed by atoms with Gasteiger partial charge in [-0.3, -0.25) is 4.90 Å². The van der Waals surface area contributed by atoms with Gasteiger partial charge in [0.05, 0.1) is 5.56 Å². The van der Waals surface area contributed by atoms with Crippen LogP contribution in [0.15, 0.2) is 22.6 Å². The lowest BCUT2D eigenvalue weighted by Gasteiger charge is -2.14. The van der Waals surface area contributed by atoms with Crippen LogP contribution in [-0.2, 0) is 0 Å². The van der Waals surface area contributed by atoms with Gasteiger partial charge in [-0.1, -0.05) is 0 Å². The minimum absolute atomic E-state index is 0.214. The summed E-state index contributed by atoms with van der Waals surface area (Å²) in [4.78, 5) is 17.8. The predicted molar refractivity (Wildman–Crippen MR) is 77.6 cm³/mol. The van der Waals surface area contributed by atoms with Crippen LogP contribution in [0.3, 0.4) is 0 Å². The van der Waals surface area contributed by atoms with Gasteiger partial charge in [-0.25, -0.2) is 4.79 Å². The summed E-state index contributed by atoms with van der Waals surface area (Å²) in [6.07, 6.45) is 3.75. The second-order valence-corrected chi connectivity index (χ2v) is 5.86. The lowest BCUT2D eigenvalue weighted by Crippen LogP contribution is -2.27. The van der Waals surface area contributed by atoms with Crippen molar-refractivity contribution in [2.24, 2.45) is 0 Å². The van der Waals surface area contributed by atoms with E-state index < -0.39 is 5.97 Å². The number of benzene rings is 1. The summed E-state index contributed by atoms with van der Waals surface area (Å²) >= 11 is 0. The summed E-state index contributed by atoms with van der Waals surface area (Å²) in [5.41, 5.74) is 1.40. The number of likely N-dealkylation sites (tertiary alicyclic amines) is 1. The molecule has 0 spiro atoms. The topological polar surface area (TPSA) is 78.6 Å². The molecule has 1 aliphatic carbocycles. The smallest absolute Gasteiger partial charge is 0.335 e. The van der Waals surface area contributed by atoms with Gasteiger partial charge in [0.2, 0.25) is 0 Å². The van der Waals surface area contributed by atoms with E-state index >= 15 is 0 Å². The van der Waals surface area contributed by atoms with Crippen LogP contribution < -0.4 is 5.32 Å². The van der Waals surface area contributed by atoms with Gasteiger partial charge < -0.3 is 14.8 Å². The van der Waals surface area contributed by atoms with Crippen LogP contribution in [0.5, 0.6) is 0 Å². The molecule has 1 saturated carbocycles.